The lowest BCUT2D eigenvalue weighted by molar-refractivity contribution is 0.268. The van der Waals surface area contributed by atoms with E-state index in [2.05, 4.69) is 28.8 Å². The van der Waals surface area contributed by atoms with Gasteiger partial charge >= 0.3 is 0 Å². The van der Waals surface area contributed by atoms with Gasteiger partial charge in [-0.25, -0.2) is 4.98 Å². The molecule has 1 fully saturated rings. The van der Waals surface area contributed by atoms with Crippen LogP contribution in [0.4, 0.5) is 0 Å². The highest BCUT2D eigenvalue weighted by molar-refractivity contribution is 4.94. The first-order chi connectivity index (χ1) is 6.77. The maximum Gasteiger partial charge on any atom is 0.108 e. The van der Waals surface area contributed by atoms with E-state index in [1.54, 1.807) is 0 Å². The van der Waals surface area contributed by atoms with Crippen LogP contribution in [-0.4, -0.2) is 22.6 Å². The van der Waals surface area contributed by atoms with Crippen molar-refractivity contribution in [1.82, 2.24) is 14.9 Å². The van der Waals surface area contributed by atoms with Gasteiger partial charge in [-0.1, -0.05) is 6.92 Å². The Hall–Kier alpha value is -0.830. The Balaban J connectivity index is 1.99. The van der Waals surface area contributed by atoms with E-state index < -0.39 is 0 Å². The molecule has 0 bridgehead atoms. The molecule has 0 radical (unpaired) electrons. The lowest BCUT2D eigenvalue weighted by Gasteiger charge is -2.29. The Morgan fingerprint density at radius 3 is 3.14 bits per heavy atom. The summed E-state index contributed by atoms with van der Waals surface area (Å²) in [5, 5.41) is 3.46. The zero-order valence-corrected chi connectivity index (χ0v) is 9.03. The van der Waals surface area contributed by atoms with Gasteiger partial charge in [0.05, 0.1) is 0 Å². The number of aromatic nitrogens is 2. The molecule has 1 saturated heterocycles. The second-order valence-corrected chi connectivity index (χ2v) is 4.39. The molecule has 0 amide bonds. The second-order valence-electron chi connectivity index (χ2n) is 4.39. The molecule has 0 spiro atoms. The number of aryl methyl sites for hydroxylation is 1. The van der Waals surface area contributed by atoms with E-state index in [4.69, 9.17) is 0 Å². The fourth-order valence-electron chi connectivity index (χ4n) is 2.16. The largest absolute Gasteiger partial charge is 0.338 e. The third-order valence-electron chi connectivity index (χ3n) is 3.35. The number of hydrogen-bond donors (Lipinski definition) is 1. The van der Waals surface area contributed by atoms with Gasteiger partial charge in [-0.15, -0.1) is 0 Å². The highest BCUT2D eigenvalue weighted by atomic mass is 15.0. The molecule has 3 heteroatoms. The van der Waals surface area contributed by atoms with Gasteiger partial charge in [-0.2, -0.15) is 0 Å². The predicted octanol–water partition coefficient (Wildman–Crippen LogP) is 1.21. The van der Waals surface area contributed by atoms with Crippen molar-refractivity contribution in [2.24, 2.45) is 18.9 Å². The van der Waals surface area contributed by atoms with E-state index in [-0.39, 0.29) is 0 Å². The Morgan fingerprint density at radius 1 is 1.64 bits per heavy atom. The smallest absolute Gasteiger partial charge is 0.108 e. The van der Waals surface area contributed by atoms with E-state index in [9.17, 15) is 0 Å². The monoisotopic (exact) mass is 193 g/mol. The average Bonchev–Trinajstić information content (AvgIpc) is 2.56. The first kappa shape index (κ1) is 9.71. The van der Waals surface area contributed by atoms with Gasteiger partial charge in [0.25, 0.3) is 0 Å². The van der Waals surface area contributed by atoms with Gasteiger partial charge in [0.15, 0.2) is 0 Å². The van der Waals surface area contributed by atoms with Crippen LogP contribution in [0.3, 0.4) is 0 Å². The molecule has 0 aromatic carbocycles. The van der Waals surface area contributed by atoms with Crippen LogP contribution in [0.5, 0.6) is 0 Å². The van der Waals surface area contributed by atoms with Crippen molar-refractivity contribution in [3.05, 3.63) is 18.2 Å². The molecule has 1 N–H and O–H groups in total. The van der Waals surface area contributed by atoms with Crippen molar-refractivity contribution in [2.45, 2.75) is 19.8 Å². The molecule has 1 aromatic heterocycles. The summed E-state index contributed by atoms with van der Waals surface area (Å²) in [5.74, 6) is 2.79. The van der Waals surface area contributed by atoms with Crippen LogP contribution < -0.4 is 5.32 Å². The number of nitrogens with one attached hydrogen (secondary N) is 1. The summed E-state index contributed by atoms with van der Waals surface area (Å²) >= 11 is 0. The van der Waals surface area contributed by atoms with Gasteiger partial charge in [0.1, 0.15) is 5.82 Å². The first-order valence-corrected chi connectivity index (χ1v) is 5.44. The highest BCUT2D eigenvalue weighted by Gasteiger charge is 2.22. The Bertz CT molecular complexity index is 292. The zero-order chi connectivity index (χ0) is 9.97. The fraction of sp³-hybridized carbons (Fsp3) is 0.727. The molecule has 2 atom stereocenters. The summed E-state index contributed by atoms with van der Waals surface area (Å²) in [7, 11) is 2.07. The molecule has 1 aromatic rings. The van der Waals surface area contributed by atoms with Crippen LogP contribution in [0.15, 0.2) is 12.4 Å². The van der Waals surface area contributed by atoms with Gasteiger partial charge in [0, 0.05) is 25.9 Å². The van der Waals surface area contributed by atoms with E-state index in [1.807, 2.05) is 12.4 Å². The summed E-state index contributed by atoms with van der Waals surface area (Å²) in [6.07, 6.45) is 6.32. The Labute approximate surface area is 85.5 Å². The second kappa shape index (κ2) is 4.13. The zero-order valence-electron chi connectivity index (χ0n) is 9.03. The van der Waals surface area contributed by atoms with Crippen molar-refractivity contribution in [2.75, 3.05) is 13.1 Å². The fourth-order valence-corrected chi connectivity index (χ4v) is 2.16. The molecule has 2 rings (SSSR count). The number of rotatable bonds is 2. The number of imidazole rings is 1. The van der Waals surface area contributed by atoms with Gasteiger partial charge in [-0.3, -0.25) is 0 Å². The summed E-state index contributed by atoms with van der Waals surface area (Å²) in [6.45, 7) is 4.68. The topological polar surface area (TPSA) is 29.9 Å². The molecule has 3 nitrogen and oxygen atoms in total. The summed E-state index contributed by atoms with van der Waals surface area (Å²) in [4.78, 5) is 4.38. The third kappa shape index (κ3) is 1.98. The molecule has 1 aliphatic heterocycles. The number of nitrogens with zero attached hydrogens (tertiary/aromatic N) is 2. The van der Waals surface area contributed by atoms with Crippen LogP contribution in [0.25, 0.3) is 0 Å². The lowest BCUT2D eigenvalue weighted by atomic mass is 9.85. The molecule has 1 aliphatic rings. The van der Waals surface area contributed by atoms with Crippen LogP contribution in [-0.2, 0) is 13.5 Å². The molecular formula is C11H19N3. The van der Waals surface area contributed by atoms with Gasteiger partial charge in [0.2, 0.25) is 0 Å². The van der Waals surface area contributed by atoms with Crippen molar-refractivity contribution in [1.29, 1.82) is 0 Å². The Kier molecular flexibility index (Phi) is 2.87. The van der Waals surface area contributed by atoms with Crippen molar-refractivity contribution in [3.8, 4) is 0 Å². The van der Waals surface area contributed by atoms with Crippen LogP contribution in [0, 0.1) is 11.8 Å². The maximum absolute atomic E-state index is 4.38. The van der Waals surface area contributed by atoms with Gasteiger partial charge in [-0.05, 0) is 31.3 Å². The SMILES string of the molecule is CC1CCNCC1Cc1nccn1C. The van der Waals surface area contributed by atoms with E-state index in [0.29, 0.717) is 0 Å². The first-order valence-electron chi connectivity index (χ1n) is 5.44. The minimum Gasteiger partial charge on any atom is -0.338 e. The molecule has 0 saturated carbocycles. The normalized spacial score (nSPS) is 27.9. The van der Waals surface area contributed by atoms with Crippen LogP contribution in [0.2, 0.25) is 0 Å². The van der Waals surface area contributed by atoms with E-state index >= 15 is 0 Å². The standard InChI is InChI=1S/C11H19N3/c1-9-3-4-12-8-10(9)7-11-13-5-6-14(11)2/h5-6,9-10,12H,3-4,7-8H2,1-2H3. The molecular weight excluding hydrogens is 174 g/mol. The van der Waals surface area contributed by atoms with Crippen LogP contribution >= 0.6 is 0 Å². The quantitative estimate of drug-likeness (QED) is 0.765. The molecule has 14 heavy (non-hydrogen) atoms. The van der Waals surface area contributed by atoms with E-state index in [1.165, 1.54) is 18.8 Å². The predicted molar refractivity (Wildman–Crippen MR) is 57.1 cm³/mol. The summed E-state index contributed by atoms with van der Waals surface area (Å²) < 4.78 is 2.13. The highest BCUT2D eigenvalue weighted by Crippen LogP contribution is 2.21. The summed E-state index contributed by atoms with van der Waals surface area (Å²) in [5.41, 5.74) is 0. The Morgan fingerprint density at radius 2 is 2.50 bits per heavy atom. The minimum absolute atomic E-state index is 0.754. The van der Waals surface area contributed by atoms with Crippen molar-refractivity contribution >= 4 is 0 Å². The maximum atomic E-state index is 4.38. The molecule has 2 unspecified atom stereocenters. The van der Waals surface area contributed by atoms with E-state index in [0.717, 1.165) is 24.8 Å². The minimum atomic E-state index is 0.754. The molecule has 0 aliphatic carbocycles. The number of hydrogen-bond acceptors (Lipinski definition) is 2. The van der Waals surface area contributed by atoms with Crippen molar-refractivity contribution in [3.63, 3.8) is 0 Å². The third-order valence-corrected chi connectivity index (χ3v) is 3.35. The average molecular weight is 193 g/mol. The molecule has 78 valence electrons. The van der Waals surface area contributed by atoms with Gasteiger partial charge < -0.3 is 9.88 Å². The molecule has 2 heterocycles. The summed E-state index contributed by atoms with van der Waals surface area (Å²) in [6, 6.07) is 0. The lowest BCUT2D eigenvalue weighted by Crippen LogP contribution is -2.36. The van der Waals surface area contributed by atoms with Crippen LogP contribution in [0.1, 0.15) is 19.2 Å². The van der Waals surface area contributed by atoms with Crippen molar-refractivity contribution < 1.29 is 0 Å². The number of piperidine rings is 1.